The molecule has 0 unspecified atom stereocenters. The smallest absolute Gasteiger partial charge is 0.232 e. The van der Waals surface area contributed by atoms with Gasteiger partial charge in [-0.3, -0.25) is 0 Å². The van der Waals surface area contributed by atoms with Crippen molar-refractivity contribution in [2.24, 2.45) is 0 Å². The van der Waals surface area contributed by atoms with E-state index < -0.39 is 0 Å². The molecule has 3 heterocycles. The number of benzene rings is 1. The van der Waals surface area contributed by atoms with Gasteiger partial charge in [0, 0.05) is 12.3 Å². The minimum atomic E-state index is 0.272. The van der Waals surface area contributed by atoms with Crippen LogP contribution >= 0.6 is 0 Å². The lowest BCUT2D eigenvalue weighted by Crippen LogP contribution is -3.28. The fraction of sp³-hybridized carbons (Fsp3) is 0.571. The molecular weight excluding hydrogens is 366 g/mol. The molecule has 8 nitrogen and oxygen atoms in total. The zero-order valence-corrected chi connectivity index (χ0v) is 17.3. The number of hydrogen-bond donors (Lipinski definition) is 4. The van der Waals surface area contributed by atoms with E-state index in [0.717, 1.165) is 50.7 Å². The Hall–Kier alpha value is -2.29. The Morgan fingerprint density at radius 3 is 2.66 bits per heavy atom. The summed E-state index contributed by atoms with van der Waals surface area (Å²) in [6, 6.07) is 8.20. The van der Waals surface area contributed by atoms with Crippen LogP contribution in [0.1, 0.15) is 31.2 Å². The highest BCUT2D eigenvalue weighted by Gasteiger charge is 2.28. The number of nitrogens with zero attached hydrogens (tertiary/aromatic N) is 3. The lowest BCUT2D eigenvalue weighted by molar-refractivity contribution is -1.02. The van der Waals surface area contributed by atoms with Crippen molar-refractivity contribution in [1.82, 2.24) is 15.0 Å². The van der Waals surface area contributed by atoms with Gasteiger partial charge in [-0.25, -0.2) is 0 Å². The third kappa shape index (κ3) is 5.41. The first-order valence-electron chi connectivity index (χ1n) is 10.8. The van der Waals surface area contributed by atoms with Gasteiger partial charge < -0.3 is 25.6 Å². The molecule has 8 heteroatoms. The molecule has 2 fully saturated rings. The molecule has 1 atom stereocenters. The van der Waals surface area contributed by atoms with Crippen LogP contribution in [-0.2, 0) is 17.7 Å². The van der Waals surface area contributed by atoms with E-state index in [-0.39, 0.29) is 5.95 Å². The molecule has 0 bridgehead atoms. The Morgan fingerprint density at radius 1 is 1.10 bits per heavy atom. The summed E-state index contributed by atoms with van der Waals surface area (Å²) in [5.41, 5.74) is 8.22. The molecule has 0 aliphatic carbocycles. The van der Waals surface area contributed by atoms with Crippen molar-refractivity contribution in [2.45, 2.75) is 38.8 Å². The van der Waals surface area contributed by atoms with Crippen molar-refractivity contribution in [1.29, 1.82) is 0 Å². The van der Waals surface area contributed by atoms with Gasteiger partial charge in [-0.05, 0) is 30.9 Å². The van der Waals surface area contributed by atoms with Gasteiger partial charge in [0.25, 0.3) is 0 Å². The first kappa shape index (κ1) is 20.0. The van der Waals surface area contributed by atoms with Crippen LogP contribution in [0.4, 0.5) is 17.6 Å². The van der Waals surface area contributed by atoms with Crippen molar-refractivity contribution in [3.8, 4) is 0 Å². The van der Waals surface area contributed by atoms with Crippen LogP contribution in [0.2, 0.25) is 0 Å². The zero-order valence-electron chi connectivity index (χ0n) is 17.3. The number of aryl methyl sites for hydroxylation is 1. The van der Waals surface area contributed by atoms with E-state index in [1.807, 2.05) is 18.2 Å². The summed E-state index contributed by atoms with van der Waals surface area (Å²) in [4.78, 5) is 16.5. The number of piperazine rings is 1. The molecule has 2 saturated heterocycles. The molecule has 2 aliphatic rings. The van der Waals surface area contributed by atoms with Gasteiger partial charge in [0.15, 0.2) is 5.82 Å². The number of nitrogens with one attached hydrogen (secondary N) is 3. The maximum absolute atomic E-state index is 5.97. The molecule has 2 aliphatic heterocycles. The minimum Gasteiger partial charge on any atom is -0.372 e. The predicted octanol–water partition coefficient (Wildman–Crippen LogP) is -0.778. The van der Waals surface area contributed by atoms with E-state index in [4.69, 9.17) is 10.5 Å². The van der Waals surface area contributed by atoms with Crippen LogP contribution < -0.4 is 20.9 Å². The summed E-state index contributed by atoms with van der Waals surface area (Å²) in [6.07, 6.45) is 3.85. The second-order valence-electron chi connectivity index (χ2n) is 8.09. The van der Waals surface area contributed by atoms with E-state index in [1.54, 1.807) is 4.90 Å². The summed E-state index contributed by atoms with van der Waals surface area (Å²) in [5.74, 6) is 1.55. The van der Waals surface area contributed by atoms with Gasteiger partial charge in [-0.2, -0.15) is 15.0 Å². The Kier molecular flexibility index (Phi) is 6.53. The second kappa shape index (κ2) is 9.47. The van der Waals surface area contributed by atoms with Gasteiger partial charge in [-0.15, -0.1) is 0 Å². The number of para-hydroxylation sites is 1. The third-order valence-corrected chi connectivity index (χ3v) is 5.96. The Bertz CT molecular complexity index is 801. The number of quaternary nitrogens is 2. The van der Waals surface area contributed by atoms with Gasteiger partial charge in [0.2, 0.25) is 11.9 Å². The molecule has 0 spiro atoms. The molecule has 5 N–H and O–H groups in total. The Labute approximate surface area is 172 Å². The standard InChI is InChI=1S/C21H31N7O/c1-2-16-6-3-4-8-18(16)23-21-25-19(24-20(22)26-21)15-28-11-9-27(10-12-28)14-17-7-5-13-29-17/h3-4,6,8,17H,2,5,7,9-15H2,1H3,(H3,22,23,24,25,26)/p+2/t17-/m1/s1. The quantitative estimate of drug-likeness (QED) is 0.488. The van der Waals surface area contributed by atoms with Gasteiger partial charge in [0.1, 0.15) is 45.4 Å². The van der Waals surface area contributed by atoms with E-state index in [1.165, 1.54) is 36.4 Å². The normalized spacial score (nSPS) is 24.5. The molecule has 1 aromatic heterocycles. The summed E-state index contributed by atoms with van der Waals surface area (Å²) in [5, 5.41) is 3.32. The number of hydrogen-bond acceptors (Lipinski definition) is 6. The SMILES string of the molecule is CCc1ccccc1Nc1nc(N)nc(C[NH+]2CC[NH+](C[C@H]3CCCO3)CC2)n1. The number of rotatable bonds is 7. The number of nitrogen functional groups attached to an aromatic ring is 1. The molecule has 0 saturated carbocycles. The monoisotopic (exact) mass is 399 g/mol. The molecule has 0 amide bonds. The molecular formula is C21H33N7O+2. The minimum absolute atomic E-state index is 0.272. The highest BCUT2D eigenvalue weighted by atomic mass is 16.5. The highest BCUT2D eigenvalue weighted by molar-refractivity contribution is 5.58. The lowest BCUT2D eigenvalue weighted by atomic mass is 10.1. The average molecular weight is 400 g/mol. The number of anilines is 3. The fourth-order valence-corrected chi connectivity index (χ4v) is 4.33. The number of nitrogens with two attached hydrogens (primary N) is 1. The summed E-state index contributed by atoms with van der Waals surface area (Å²) in [6.45, 7) is 9.59. The Morgan fingerprint density at radius 2 is 1.90 bits per heavy atom. The average Bonchev–Trinajstić information content (AvgIpc) is 3.22. The molecule has 0 radical (unpaired) electrons. The number of ether oxygens (including phenoxy) is 1. The van der Waals surface area contributed by atoms with Gasteiger partial charge in [-0.1, -0.05) is 25.1 Å². The zero-order chi connectivity index (χ0) is 20.1. The summed E-state index contributed by atoms with van der Waals surface area (Å²) >= 11 is 0. The van der Waals surface area contributed by atoms with Crippen LogP contribution in [-0.4, -0.2) is 60.4 Å². The van der Waals surface area contributed by atoms with Crippen molar-refractivity contribution >= 4 is 17.6 Å². The first-order chi connectivity index (χ1) is 14.2. The molecule has 4 rings (SSSR count). The topological polar surface area (TPSA) is 94.8 Å². The maximum Gasteiger partial charge on any atom is 0.232 e. The number of aromatic nitrogens is 3. The van der Waals surface area contributed by atoms with E-state index in [0.29, 0.717) is 12.1 Å². The third-order valence-electron chi connectivity index (χ3n) is 5.96. The first-order valence-corrected chi connectivity index (χ1v) is 10.8. The van der Waals surface area contributed by atoms with E-state index in [9.17, 15) is 0 Å². The van der Waals surface area contributed by atoms with Crippen LogP contribution in [0.3, 0.4) is 0 Å². The fourth-order valence-electron chi connectivity index (χ4n) is 4.33. The van der Waals surface area contributed by atoms with Crippen LogP contribution in [0.5, 0.6) is 0 Å². The van der Waals surface area contributed by atoms with Crippen molar-refractivity contribution in [3.05, 3.63) is 35.7 Å². The van der Waals surface area contributed by atoms with Crippen molar-refractivity contribution < 1.29 is 14.5 Å². The second-order valence-corrected chi connectivity index (χ2v) is 8.09. The van der Waals surface area contributed by atoms with E-state index in [2.05, 4.69) is 33.3 Å². The largest absolute Gasteiger partial charge is 0.372 e. The predicted molar refractivity (Wildman–Crippen MR) is 112 cm³/mol. The molecule has 156 valence electrons. The van der Waals surface area contributed by atoms with E-state index >= 15 is 0 Å². The van der Waals surface area contributed by atoms with Crippen LogP contribution in [0.15, 0.2) is 24.3 Å². The van der Waals surface area contributed by atoms with Crippen molar-refractivity contribution in [3.63, 3.8) is 0 Å². The summed E-state index contributed by atoms with van der Waals surface area (Å²) < 4.78 is 5.79. The van der Waals surface area contributed by atoms with Crippen LogP contribution in [0, 0.1) is 0 Å². The van der Waals surface area contributed by atoms with Gasteiger partial charge in [0.05, 0.1) is 0 Å². The molecule has 2 aromatic rings. The molecule has 29 heavy (non-hydrogen) atoms. The highest BCUT2D eigenvalue weighted by Crippen LogP contribution is 2.19. The molecule has 1 aromatic carbocycles. The maximum atomic E-state index is 5.97. The van der Waals surface area contributed by atoms with Crippen molar-refractivity contribution in [2.75, 3.05) is 50.4 Å². The van der Waals surface area contributed by atoms with Crippen LogP contribution in [0.25, 0.3) is 0 Å². The Balaban J connectivity index is 1.34. The summed E-state index contributed by atoms with van der Waals surface area (Å²) in [7, 11) is 0. The van der Waals surface area contributed by atoms with Gasteiger partial charge >= 0.3 is 0 Å². The lowest BCUT2D eigenvalue weighted by Gasteiger charge is -2.30.